The van der Waals surface area contributed by atoms with Gasteiger partial charge >= 0.3 is 5.97 Å². The summed E-state index contributed by atoms with van der Waals surface area (Å²) in [4.78, 5) is 16.6. The van der Waals surface area contributed by atoms with Gasteiger partial charge < -0.3 is 4.74 Å². The summed E-state index contributed by atoms with van der Waals surface area (Å²) in [5, 5.41) is 1.92. The molecule has 0 spiro atoms. The molecule has 0 atom stereocenters. The van der Waals surface area contributed by atoms with Gasteiger partial charge in [-0.15, -0.1) is 0 Å². The maximum absolute atomic E-state index is 12.2. The molecular formula is C19H12Cl3NO2. The molecule has 0 saturated carbocycles. The number of benzene rings is 2. The number of ether oxygens (including phenoxy) is 1. The Hall–Kier alpha value is -2.07. The lowest BCUT2D eigenvalue weighted by Crippen LogP contribution is -2.05. The third-order valence-corrected chi connectivity index (χ3v) is 4.27. The molecule has 0 aliphatic carbocycles. The topological polar surface area (TPSA) is 39.2 Å². The van der Waals surface area contributed by atoms with Gasteiger partial charge in [-0.25, -0.2) is 9.78 Å². The lowest BCUT2D eigenvalue weighted by molar-refractivity contribution is -0.128. The predicted molar refractivity (Wildman–Crippen MR) is 103 cm³/mol. The van der Waals surface area contributed by atoms with E-state index in [2.05, 4.69) is 4.98 Å². The van der Waals surface area contributed by atoms with E-state index in [-0.39, 0.29) is 10.8 Å². The number of esters is 1. The number of hydrogen-bond donors (Lipinski definition) is 0. The summed E-state index contributed by atoms with van der Waals surface area (Å²) < 4.78 is 5.41. The Kier molecular flexibility index (Phi) is 5.28. The van der Waals surface area contributed by atoms with Crippen molar-refractivity contribution >= 4 is 57.8 Å². The fourth-order valence-corrected chi connectivity index (χ4v) is 3.05. The minimum Gasteiger partial charge on any atom is -0.419 e. The summed E-state index contributed by atoms with van der Waals surface area (Å²) >= 11 is 18.3. The summed E-state index contributed by atoms with van der Waals surface area (Å²) in [5.74, 6) is -0.390. The number of carbonyl (C=O) groups excluding carboxylic acids is 1. The second kappa shape index (κ2) is 7.44. The number of carbonyl (C=O) groups is 1. The zero-order valence-electron chi connectivity index (χ0n) is 13.1. The maximum atomic E-state index is 12.2. The Balaban J connectivity index is 1.92. The fraction of sp³-hybridized carbons (Fsp3) is 0.0526. The van der Waals surface area contributed by atoms with Crippen LogP contribution in [0.3, 0.4) is 0 Å². The second-order valence-corrected chi connectivity index (χ2v) is 6.58. The van der Waals surface area contributed by atoms with Crippen LogP contribution >= 0.6 is 34.8 Å². The standard InChI is InChI=1S/C19H12Cl3NO2/c1-11-5-7-14-15(21)10-16(22)19(18(14)23-11)25-17(24)8-6-12-3-2-4-13(20)9-12/h2-10H,1H3. The highest BCUT2D eigenvalue weighted by Gasteiger charge is 2.15. The molecule has 0 bridgehead atoms. The van der Waals surface area contributed by atoms with Crippen LogP contribution in [0.25, 0.3) is 17.0 Å². The summed E-state index contributed by atoms with van der Waals surface area (Å²) in [6, 6.07) is 12.3. The third kappa shape index (κ3) is 4.13. The van der Waals surface area contributed by atoms with E-state index in [1.54, 1.807) is 24.3 Å². The van der Waals surface area contributed by atoms with Crippen LogP contribution in [0, 0.1) is 6.92 Å². The normalized spacial score (nSPS) is 11.2. The van der Waals surface area contributed by atoms with Crippen LogP contribution in [-0.2, 0) is 4.79 Å². The van der Waals surface area contributed by atoms with Crippen molar-refractivity contribution in [2.24, 2.45) is 0 Å². The third-order valence-electron chi connectivity index (χ3n) is 3.44. The van der Waals surface area contributed by atoms with E-state index in [1.807, 2.05) is 25.1 Å². The molecule has 3 aromatic rings. The molecule has 3 nitrogen and oxygen atoms in total. The fourth-order valence-electron chi connectivity index (χ4n) is 2.30. The van der Waals surface area contributed by atoms with Crippen LogP contribution in [0.1, 0.15) is 11.3 Å². The zero-order valence-corrected chi connectivity index (χ0v) is 15.4. The van der Waals surface area contributed by atoms with Gasteiger partial charge in [-0.2, -0.15) is 0 Å². The number of halogens is 3. The van der Waals surface area contributed by atoms with Crippen LogP contribution in [-0.4, -0.2) is 11.0 Å². The molecule has 0 N–H and O–H groups in total. The van der Waals surface area contributed by atoms with Gasteiger partial charge in [0.05, 0.1) is 10.0 Å². The van der Waals surface area contributed by atoms with Gasteiger partial charge in [-0.3, -0.25) is 0 Å². The Labute approximate surface area is 159 Å². The van der Waals surface area contributed by atoms with Gasteiger partial charge in [0.15, 0.2) is 5.75 Å². The monoisotopic (exact) mass is 391 g/mol. The molecule has 3 rings (SSSR count). The van der Waals surface area contributed by atoms with E-state index in [4.69, 9.17) is 39.5 Å². The van der Waals surface area contributed by atoms with Gasteiger partial charge in [0.25, 0.3) is 0 Å². The van der Waals surface area contributed by atoms with Crippen molar-refractivity contribution < 1.29 is 9.53 Å². The molecule has 0 fully saturated rings. The van der Waals surface area contributed by atoms with Gasteiger partial charge in [0, 0.05) is 22.2 Å². The first-order valence-corrected chi connectivity index (χ1v) is 8.48. The Morgan fingerprint density at radius 2 is 1.88 bits per heavy atom. The molecule has 0 saturated heterocycles. The average molecular weight is 393 g/mol. The zero-order chi connectivity index (χ0) is 18.0. The van der Waals surface area contributed by atoms with E-state index in [1.165, 1.54) is 12.1 Å². The first-order valence-electron chi connectivity index (χ1n) is 7.35. The summed E-state index contributed by atoms with van der Waals surface area (Å²) in [5.41, 5.74) is 1.99. The molecule has 0 unspecified atom stereocenters. The summed E-state index contributed by atoms with van der Waals surface area (Å²) in [6.07, 6.45) is 2.91. The molecular weight excluding hydrogens is 381 g/mol. The molecule has 1 heterocycles. The smallest absolute Gasteiger partial charge is 0.336 e. The Morgan fingerprint density at radius 3 is 2.64 bits per heavy atom. The quantitative estimate of drug-likeness (QED) is 0.306. The minimum atomic E-state index is -0.575. The van der Waals surface area contributed by atoms with Crippen molar-refractivity contribution in [2.75, 3.05) is 0 Å². The molecule has 126 valence electrons. The van der Waals surface area contributed by atoms with Crippen LogP contribution in [0.15, 0.2) is 48.5 Å². The first kappa shape index (κ1) is 17.7. The van der Waals surface area contributed by atoms with Gasteiger partial charge in [0.1, 0.15) is 5.52 Å². The number of hydrogen-bond acceptors (Lipinski definition) is 3. The molecule has 0 aliphatic rings. The number of aromatic nitrogens is 1. The van der Waals surface area contributed by atoms with E-state index < -0.39 is 5.97 Å². The molecule has 2 aromatic carbocycles. The van der Waals surface area contributed by atoms with Crippen molar-refractivity contribution in [1.29, 1.82) is 0 Å². The lowest BCUT2D eigenvalue weighted by Gasteiger charge is -2.10. The highest BCUT2D eigenvalue weighted by molar-refractivity contribution is 6.39. The van der Waals surface area contributed by atoms with Gasteiger partial charge in [-0.05, 0) is 48.9 Å². The van der Waals surface area contributed by atoms with Crippen LogP contribution < -0.4 is 4.74 Å². The van der Waals surface area contributed by atoms with Gasteiger partial charge in [-0.1, -0.05) is 46.9 Å². The number of nitrogens with zero attached hydrogens (tertiary/aromatic N) is 1. The van der Waals surface area contributed by atoms with Crippen molar-refractivity contribution in [2.45, 2.75) is 6.92 Å². The number of rotatable bonds is 3. The van der Waals surface area contributed by atoms with Crippen molar-refractivity contribution in [3.05, 3.63) is 74.9 Å². The Morgan fingerprint density at radius 1 is 1.08 bits per heavy atom. The van der Waals surface area contributed by atoms with Crippen molar-refractivity contribution in [3.63, 3.8) is 0 Å². The first-order chi connectivity index (χ1) is 11.9. The van der Waals surface area contributed by atoms with Crippen molar-refractivity contribution in [1.82, 2.24) is 4.98 Å². The summed E-state index contributed by atoms with van der Waals surface area (Å²) in [6.45, 7) is 1.83. The highest BCUT2D eigenvalue weighted by atomic mass is 35.5. The predicted octanol–water partition coefficient (Wildman–Crippen LogP) is 6.12. The average Bonchev–Trinajstić information content (AvgIpc) is 2.56. The van der Waals surface area contributed by atoms with Crippen LogP contribution in [0.2, 0.25) is 15.1 Å². The molecule has 1 aromatic heterocycles. The SMILES string of the molecule is Cc1ccc2c(Cl)cc(Cl)c(OC(=O)C=Cc3cccc(Cl)c3)c2n1. The highest BCUT2D eigenvalue weighted by Crippen LogP contribution is 2.37. The van der Waals surface area contributed by atoms with Crippen LogP contribution in [0.4, 0.5) is 0 Å². The number of fused-ring (bicyclic) bond motifs is 1. The molecule has 25 heavy (non-hydrogen) atoms. The largest absolute Gasteiger partial charge is 0.419 e. The molecule has 0 aliphatic heterocycles. The molecule has 6 heteroatoms. The lowest BCUT2D eigenvalue weighted by atomic mass is 10.2. The Bertz CT molecular complexity index is 999. The maximum Gasteiger partial charge on any atom is 0.336 e. The van der Waals surface area contributed by atoms with E-state index in [0.29, 0.717) is 20.9 Å². The summed E-state index contributed by atoms with van der Waals surface area (Å²) in [7, 11) is 0. The van der Waals surface area contributed by atoms with Crippen molar-refractivity contribution in [3.8, 4) is 5.75 Å². The minimum absolute atomic E-state index is 0.186. The second-order valence-electron chi connectivity index (χ2n) is 5.33. The number of pyridine rings is 1. The number of aryl methyl sites for hydroxylation is 1. The van der Waals surface area contributed by atoms with Gasteiger partial charge in [0.2, 0.25) is 0 Å². The van der Waals surface area contributed by atoms with E-state index in [9.17, 15) is 4.79 Å². The van der Waals surface area contributed by atoms with E-state index in [0.717, 1.165) is 11.3 Å². The molecule has 0 radical (unpaired) electrons. The molecule has 0 amide bonds. The van der Waals surface area contributed by atoms with Crippen LogP contribution in [0.5, 0.6) is 5.75 Å². The van der Waals surface area contributed by atoms with E-state index >= 15 is 0 Å².